The van der Waals surface area contributed by atoms with Gasteiger partial charge in [-0.2, -0.15) is 0 Å². The van der Waals surface area contributed by atoms with Crippen LogP contribution in [0.25, 0.3) is 0 Å². The zero-order valence-corrected chi connectivity index (χ0v) is 44.5. The molecular weight excluding hydrogens is 853 g/mol. The predicted octanol–water partition coefficient (Wildman–Crippen LogP) is 18.9. The van der Waals surface area contributed by atoms with Crippen LogP contribution in [0.3, 0.4) is 0 Å². The predicted molar refractivity (Wildman–Crippen MR) is 297 cm³/mol. The lowest BCUT2D eigenvalue weighted by atomic mass is 10.1. The summed E-state index contributed by atoms with van der Waals surface area (Å²) in [5.74, 6) is -0.930. The van der Waals surface area contributed by atoms with Crippen LogP contribution in [0.15, 0.2) is 122 Å². The number of rotatable bonds is 49. The summed E-state index contributed by atoms with van der Waals surface area (Å²) < 4.78 is 16.7. The maximum atomic E-state index is 12.8. The Morgan fingerprint density at radius 1 is 0.304 bits per heavy atom. The third-order valence-corrected chi connectivity index (χ3v) is 11.5. The van der Waals surface area contributed by atoms with E-state index in [-0.39, 0.29) is 31.1 Å². The summed E-state index contributed by atoms with van der Waals surface area (Å²) in [5.41, 5.74) is 0. The molecule has 0 aliphatic carbocycles. The summed E-state index contributed by atoms with van der Waals surface area (Å²) in [6.45, 7) is 6.30. The number of allylic oxidation sites excluding steroid dienone is 20. The van der Waals surface area contributed by atoms with E-state index in [9.17, 15) is 14.4 Å². The minimum Gasteiger partial charge on any atom is -0.462 e. The maximum Gasteiger partial charge on any atom is 0.306 e. The first-order chi connectivity index (χ1) is 34.0. The molecule has 6 heteroatoms. The van der Waals surface area contributed by atoms with Gasteiger partial charge in [0.2, 0.25) is 0 Å². The van der Waals surface area contributed by atoms with Gasteiger partial charge in [-0.3, -0.25) is 14.4 Å². The van der Waals surface area contributed by atoms with E-state index in [0.29, 0.717) is 19.3 Å². The molecule has 0 aromatic rings. The molecule has 0 N–H and O–H groups in total. The second kappa shape index (κ2) is 56.4. The van der Waals surface area contributed by atoms with Crippen LogP contribution in [-0.4, -0.2) is 37.2 Å². The van der Waals surface area contributed by atoms with Gasteiger partial charge in [0.05, 0.1) is 0 Å². The number of unbranched alkanes of at least 4 members (excludes halogenated alkanes) is 18. The molecule has 0 aromatic carbocycles. The summed E-state index contributed by atoms with van der Waals surface area (Å²) in [6.07, 6.45) is 78.0. The Morgan fingerprint density at radius 2 is 0.565 bits per heavy atom. The topological polar surface area (TPSA) is 78.9 Å². The van der Waals surface area contributed by atoms with E-state index in [4.69, 9.17) is 14.2 Å². The Labute approximate surface area is 424 Å². The van der Waals surface area contributed by atoms with Crippen LogP contribution in [-0.2, 0) is 28.6 Å². The average molecular weight is 956 g/mol. The molecule has 0 rings (SSSR count). The van der Waals surface area contributed by atoms with Gasteiger partial charge < -0.3 is 14.2 Å². The Morgan fingerprint density at radius 3 is 0.884 bits per heavy atom. The van der Waals surface area contributed by atoms with Gasteiger partial charge in [-0.25, -0.2) is 0 Å². The molecule has 0 spiro atoms. The summed E-state index contributed by atoms with van der Waals surface area (Å²) in [7, 11) is 0. The summed E-state index contributed by atoms with van der Waals surface area (Å²) in [6, 6.07) is 0. The molecule has 1 unspecified atom stereocenters. The van der Waals surface area contributed by atoms with Gasteiger partial charge in [0, 0.05) is 19.3 Å². The fraction of sp³-hybridized carbons (Fsp3) is 0.635. The normalized spacial score (nSPS) is 13.0. The highest BCUT2D eigenvalue weighted by atomic mass is 16.6. The standard InChI is InChI=1S/C63H102O6/c1-4-7-10-13-15-17-19-21-23-25-27-28-29-30-31-32-33-34-36-37-39-41-43-45-47-50-53-56-62(65)68-59-60(58-67-61(64)55-52-49-12-9-6-3)69-63(66)57-54-51-48-46-44-42-40-38-35-26-24-22-20-18-16-14-11-8-5-2/h7-8,10-11,15-18,21-24,27-28,30-31,33-35,38,60H,4-6,9,12-14,19-20,25-26,29,32,36-37,39-59H2,1-3H3/b10-7-,11-8-,17-15-,18-16-,23-21-,24-22-,28-27-,31-30-,34-33-,38-35-. The Hall–Kier alpha value is -4.19. The van der Waals surface area contributed by atoms with Gasteiger partial charge in [0.15, 0.2) is 6.10 Å². The van der Waals surface area contributed by atoms with Gasteiger partial charge in [-0.05, 0) is 109 Å². The van der Waals surface area contributed by atoms with Gasteiger partial charge in [0.25, 0.3) is 0 Å². The third-order valence-electron chi connectivity index (χ3n) is 11.5. The van der Waals surface area contributed by atoms with E-state index in [2.05, 4.69) is 142 Å². The van der Waals surface area contributed by atoms with Gasteiger partial charge >= 0.3 is 17.9 Å². The zero-order valence-electron chi connectivity index (χ0n) is 44.5. The molecule has 0 bridgehead atoms. The summed E-state index contributed by atoms with van der Waals surface area (Å²) >= 11 is 0. The van der Waals surface area contributed by atoms with Crippen molar-refractivity contribution in [2.24, 2.45) is 0 Å². The first kappa shape index (κ1) is 64.8. The van der Waals surface area contributed by atoms with E-state index in [1.165, 1.54) is 44.9 Å². The smallest absolute Gasteiger partial charge is 0.306 e. The van der Waals surface area contributed by atoms with Crippen molar-refractivity contribution in [3.8, 4) is 0 Å². The lowest BCUT2D eigenvalue weighted by Gasteiger charge is -2.18. The third kappa shape index (κ3) is 54.6. The van der Waals surface area contributed by atoms with Crippen molar-refractivity contribution in [1.29, 1.82) is 0 Å². The molecule has 6 nitrogen and oxygen atoms in total. The van der Waals surface area contributed by atoms with E-state index in [1.807, 2.05) is 0 Å². The monoisotopic (exact) mass is 955 g/mol. The van der Waals surface area contributed by atoms with E-state index in [1.54, 1.807) is 0 Å². The maximum absolute atomic E-state index is 12.8. The minimum atomic E-state index is -0.789. The van der Waals surface area contributed by atoms with E-state index >= 15 is 0 Å². The SMILES string of the molecule is CC/C=C\C/C=C\C/C=C\C/C=C\C/C=C\C/C=C\CCCCCCCCCCC(=O)OCC(COC(=O)CCCCCCC)OC(=O)CCCCCCCC/C=C\C/C=C\C/C=C\C/C=C\CC. The van der Waals surface area contributed by atoms with Crippen LogP contribution in [0.5, 0.6) is 0 Å². The van der Waals surface area contributed by atoms with Crippen LogP contribution in [0.4, 0.5) is 0 Å². The van der Waals surface area contributed by atoms with E-state index in [0.717, 1.165) is 154 Å². The molecule has 0 aliphatic heterocycles. The molecular formula is C63H102O6. The van der Waals surface area contributed by atoms with Crippen LogP contribution in [0, 0.1) is 0 Å². The molecule has 0 radical (unpaired) electrons. The first-order valence-corrected chi connectivity index (χ1v) is 28.0. The van der Waals surface area contributed by atoms with Crippen LogP contribution < -0.4 is 0 Å². The van der Waals surface area contributed by atoms with E-state index < -0.39 is 6.10 Å². The highest BCUT2D eigenvalue weighted by Crippen LogP contribution is 2.14. The number of ether oxygens (including phenoxy) is 3. The largest absolute Gasteiger partial charge is 0.462 e. The van der Waals surface area contributed by atoms with Crippen LogP contribution >= 0.6 is 0 Å². The quantitative estimate of drug-likeness (QED) is 0.0262. The number of hydrogen-bond donors (Lipinski definition) is 0. The average Bonchev–Trinajstić information content (AvgIpc) is 3.35. The number of esters is 3. The number of carbonyl (C=O) groups excluding carboxylic acids is 3. The second-order valence-electron chi connectivity index (χ2n) is 18.1. The number of hydrogen-bond acceptors (Lipinski definition) is 6. The molecule has 0 fully saturated rings. The van der Waals surface area contributed by atoms with Gasteiger partial charge in [0.1, 0.15) is 13.2 Å². The fourth-order valence-electron chi connectivity index (χ4n) is 7.32. The first-order valence-electron chi connectivity index (χ1n) is 28.0. The van der Waals surface area contributed by atoms with Gasteiger partial charge in [-0.1, -0.05) is 232 Å². The molecule has 0 heterocycles. The van der Waals surface area contributed by atoms with Gasteiger partial charge in [-0.15, -0.1) is 0 Å². The summed E-state index contributed by atoms with van der Waals surface area (Å²) in [5, 5.41) is 0. The van der Waals surface area contributed by atoms with Crippen molar-refractivity contribution < 1.29 is 28.6 Å². The lowest BCUT2D eigenvalue weighted by molar-refractivity contribution is -0.167. The van der Waals surface area contributed by atoms with Crippen molar-refractivity contribution in [1.82, 2.24) is 0 Å². The minimum absolute atomic E-state index is 0.0898. The molecule has 0 aromatic heterocycles. The van der Waals surface area contributed by atoms with Crippen LogP contribution in [0.2, 0.25) is 0 Å². The molecule has 1 atom stereocenters. The summed E-state index contributed by atoms with van der Waals surface area (Å²) in [4.78, 5) is 37.8. The van der Waals surface area contributed by atoms with Crippen molar-refractivity contribution in [3.05, 3.63) is 122 Å². The molecule has 0 aliphatic rings. The number of carbonyl (C=O) groups is 3. The molecule has 69 heavy (non-hydrogen) atoms. The molecule has 0 amide bonds. The Kier molecular flexibility index (Phi) is 53.0. The molecule has 0 saturated carbocycles. The van der Waals surface area contributed by atoms with Crippen molar-refractivity contribution in [2.75, 3.05) is 13.2 Å². The molecule has 0 saturated heterocycles. The van der Waals surface area contributed by atoms with Crippen molar-refractivity contribution in [2.45, 2.75) is 245 Å². The van der Waals surface area contributed by atoms with Crippen LogP contribution in [0.1, 0.15) is 239 Å². The Bertz CT molecular complexity index is 1470. The second-order valence-corrected chi connectivity index (χ2v) is 18.1. The highest BCUT2D eigenvalue weighted by Gasteiger charge is 2.19. The van der Waals surface area contributed by atoms with Crippen molar-refractivity contribution in [3.63, 3.8) is 0 Å². The zero-order chi connectivity index (χ0) is 50.0. The Balaban J connectivity index is 4.17. The molecule has 390 valence electrons. The fourth-order valence-corrected chi connectivity index (χ4v) is 7.32. The lowest BCUT2D eigenvalue weighted by Crippen LogP contribution is -2.30. The highest BCUT2D eigenvalue weighted by molar-refractivity contribution is 5.71. The van der Waals surface area contributed by atoms with Crippen molar-refractivity contribution >= 4 is 17.9 Å².